The molecule has 2 N–H and O–H groups in total. The van der Waals surface area contributed by atoms with Crippen molar-refractivity contribution in [3.05, 3.63) is 65.5 Å². The lowest BCUT2D eigenvalue weighted by Crippen LogP contribution is -2.23. The van der Waals surface area contributed by atoms with Crippen molar-refractivity contribution in [2.75, 3.05) is 10.6 Å². The van der Waals surface area contributed by atoms with Crippen LogP contribution in [0.15, 0.2) is 52.9 Å². The molecule has 0 atom stereocenters. The van der Waals surface area contributed by atoms with Crippen molar-refractivity contribution >= 4 is 45.9 Å². The molecule has 0 bridgehead atoms. The first-order valence-corrected chi connectivity index (χ1v) is 11.1. The summed E-state index contributed by atoms with van der Waals surface area (Å²) in [6, 6.07) is 12.3. The Labute approximate surface area is 187 Å². The number of aromatic nitrogens is 2. The molecule has 1 heterocycles. The van der Waals surface area contributed by atoms with Gasteiger partial charge in [0.15, 0.2) is 4.34 Å². The summed E-state index contributed by atoms with van der Waals surface area (Å²) >= 11 is 2.65. The van der Waals surface area contributed by atoms with Crippen molar-refractivity contribution in [1.82, 2.24) is 10.2 Å². The molecule has 1 aromatic heterocycles. The monoisotopic (exact) mass is 460 g/mol. The minimum Gasteiger partial charge on any atom is -0.456 e. The van der Waals surface area contributed by atoms with Gasteiger partial charge in [0.05, 0.1) is 5.56 Å². The lowest BCUT2D eigenvalue weighted by Gasteiger charge is -2.19. The fourth-order valence-corrected chi connectivity index (χ4v) is 4.10. The predicted molar refractivity (Wildman–Crippen MR) is 120 cm³/mol. The number of thioether (sulfide) groups is 1. The van der Waals surface area contributed by atoms with E-state index in [1.54, 1.807) is 24.3 Å². The smallest absolute Gasteiger partial charge is 0.338 e. The third-order valence-corrected chi connectivity index (χ3v) is 5.68. The SMILES string of the molecule is CC(C)(C)OC(=O)c1cccc(CSc2nnc(NC(=O)Nc3cccc(F)c3)s2)c1. The predicted octanol–water partition coefficient (Wildman–Crippen LogP) is 5.57. The molecule has 0 fully saturated rings. The van der Waals surface area contributed by atoms with Crippen LogP contribution in [0.1, 0.15) is 36.7 Å². The summed E-state index contributed by atoms with van der Waals surface area (Å²) in [5.41, 5.74) is 1.20. The molecule has 0 aliphatic heterocycles. The molecule has 162 valence electrons. The zero-order valence-electron chi connectivity index (χ0n) is 17.1. The summed E-state index contributed by atoms with van der Waals surface area (Å²) in [5, 5.41) is 13.4. The number of hydrogen-bond acceptors (Lipinski definition) is 7. The normalized spacial score (nSPS) is 11.1. The lowest BCUT2D eigenvalue weighted by molar-refractivity contribution is 0.00693. The molecule has 3 aromatic rings. The van der Waals surface area contributed by atoms with Gasteiger partial charge in [-0.1, -0.05) is 41.3 Å². The molecule has 0 saturated carbocycles. The van der Waals surface area contributed by atoms with Crippen LogP contribution in [0.4, 0.5) is 20.0 Å². The van der Waals surface area contributed by atoms with Gasteiger partial charge in [-0.25, -0.2) is 14.0 Å². The van der Waals surface area contributed by atoms with E-state index in [0.29, 0.717) is 26.5 Å². The quantitative estimate of drug-likeness (QED) is 0.284. The minimum absolute atomic E-state index is 0.318. The highest BCUT2D eigenvalue weighted by molar-refractivity contribution is 8.00. The number of benzene rings is 2. The summed E-state index contributed by atoms with van der Waals surface area (Å²) in [4.78, 5) is 24.3. The van der Waals surface area contributed by atoms with Crippen molar-refractivity contribution in [2.45, 2.75) is 36.5 Å². The van der Waals surface area contributed by atoms with Crippen LogP contribution >= 0.6 is 23.1 Å². The van der Waals surface area contributed by atoms with E-state index in [-0.39, 0.29) is 5.97 Å². The highest BCUT2D eigenvalue weighted by atomic mass is 32.2. The van der Waals surface area contributed by atoms with E-state index in [1.165, 1.54) is 41.3 Å². The number of nitrogens with one attached hydrogen (secondary N) is 2. The third-order valence-electron chi connectivity index (χ3n) is 3.63. The van der Waals surface area contributed by atoms with E-state index in [1.807, 2.05) is 26.8 Å². The maximum atomic E-state index is 13.2. The van der Waals surface area contributed by atoms with Gasteiger partial charge in [0.2, 0.25) is 5.13 Å². The summed E-state index contributed by atoms with van der Waals surface area (Å²) in [5.74, 6) is -0.241. The second kappa shape index (κ2) is 9.88. The van der Waals surface area contributed by atoms with E-state index in [4.69, 9.17) is 4.74 Å². The Morgan fingerprint density at radius 2 is 1.87 bits per heavy atom. The molecular weight excluding hydrogens is 439 g/mol. The molecule has 31 heavy (non-hydrogen) atoms. The first kappa shape index (κ1) is 22.7. The fourth-order valence-electron chi connectivity index (χ4n) is 2.41. The second-order valence-corrected chi connectivity index (χ2v) is 9.65. The molecule has 0 radical (unpaired) electrons. The number of hydrogen-bond donors (Lipinski definition) is 2. The summed E-state index contributed by atoms with van der Waals surface area (Å²) in [6.07, 6.45) is 0. The summed E-state index contributed by atoms with van der Waals surface area (Å²) < 4.78 is 19.2. The zero-order valence-corrected chi connectivity index (χ0v) is 18.8. The number of halogens is 1. The van der Waals surface area contributed by atoms with Crippen molar-refractivity contribution in [3.8, 4) is 0 Å². The Balaban J connectivity index is 1.54. The molecule has 2 amide bonds. The highest BCUT2D eigenvalue weighted by Crippen LogP contribution is 2.29. The van der Waals surface area contributed by atoms with Crippen molar-refractivity contribution in [1.29, 1.82) is 0 Å². The van der Waals surface area contributed by atoms with Crippen LogP contribution in [0, 0.1) is 5.82 Å². The van der Waals surface area contributed by atoms with Gasteiger partial charge in [0, 0.05) is 11.4 Å². The number of nitrogens with zero attached hydrogens (tertiary/aromatic N) is 2. The molecule has 0 spiro atoms. The zero-order chi connectivity index (χ0) is 22.4. The van der Waals surface area contributed by atoms with E-state index < -0.39 is 17.4 Å². The van der Waals surface area contributed by atoms with Gasteiger partial charge < -0.3 is 10.1 Å². The van der Waals surface area contributed by atoms with Gasteiger partial charge in [0.25, 0.3) is 0 Å². The van der Waals surface area contributed by atoms with E-state index in [0.717, 1.165) is 5.56 Å². The maximum Gasteiger partial charge on any atom is 0.338 e. The second-order valence-electron chi connectivity index (χ2n) is 7.45. The number of amides is 2. The molecule has 0 aliphatic rings. The van der Waals surface area contributed by atoms with Gasteiger partial charge >= 0.3 is 12.0 Å². The van der Waals surface area contributed by atoms with Crippen molar-refractivity contribution < 1.29 is 18.7 Å². The number of anilines is 2. The molecule has 3 rings (SSSR count). The molecule has 2 aromatic carbocycles. The first-order valence-electron chi connectivity index (χ1n) is 9.30. The van der Waals surface area contributed by atoms with Crippen LogP contribution in [-0.2, 0) is 10.5 Å². The maximum absolute atomic E-state index is 13.2. The van der Waals surface area contributed by atoms with E-state index >= 15 is 0 Å². The number of esters is 1. The summed E-state index contributed by atoms with van der Waals surface area (Å²) in [7, 11) is 0. The standard InChI is InChI=1S/C21H21FN4O3S2/c1-21(2,3)29-17(27)14-7-4-6-13(10-14)12-30-20-26-25-19(31-20)24-18(28)23-16-9-5-8-15(22)11-16/h4-11H,12H2,1-3H3,(H2,23,24,25,28). The minimum atomic E-state index is -0.557. The fraction of sp³-hybridized carbons (Fsp3) is 0.238. The third kappa shape index (κ3) is 7.34. The van der Waals surface area contributed by atoms with Crippen LogP contribution in [0.3, 0.4) is 0 Å². The van der Waals surface area contributed by atoms with Crippen LogP contribution < -0.4 is 10.6 Å². The number of ether oxygens (including phenoxy) is 1. The molecule has 10 heteroatoms. The molecule has 0 unspecified atom stereocenters. The molecule has 0 saturated heterocycles. The van der Waals surface area contributed by atoms with Crippen LogP contribution in [-0.4, -0.2) is 27.8 Å². The van der Waals surface area contributed by atoms with Crippen LogP contribution in [0.2, 0.25) is 0 Å². The van der Waals surface area contributed by atoms with E-state index in [2.05, 4.69) is 20.8 Å². The Morgan fingerprint density at radius 3 is 2.61 bits per heavy atom. The van der Waals surface area contributed by atoms with Gasteiger partial charge in [-0.2, -0.15) is 0 Å². The van der Waals surface area contributed by atoms with Gasteiger partial charge in [0.1, 0.15) is 11.4 Å². The van der Waals surface area contributed by atoms with Gasteiger partial charge in [-0.15, -0.1) is 10.2 Å². The Kier molecular flexibility index (Phi) is 7.24. The first-order chi connectivity index (χ1) is 14.7. The van der Waals surface area contributed by atoms with E-state index in [9.17, 15) is 14.0 Å². The topological polar surface area (TPSA) is 93.2 Å². The van der Waals surface area contributed by atoms with Gasteiger partial charge in [-0.05, 0) is 56.7 Å². The highest BCUT2D eigenvalue weighted by Gasteiger charge is 2.18. The van der Waals surface area contributed by atoms with Crippen LogP contribution in [0.5, 0.6) is 0 Å². The summed E-state index contributed by atoms with van der Waals surface area (Å²) in [6.45, 7) is 5.47. The van der Waals surface area contributed by atoms with Gasteiger partial charge in [-0.3, -0.25) is 5.32 Å². The number of carbonyl (C=O) groups excluding carboxylic acids is 2. The average Bonchev–Trinajstić information content (AvgIpc) is 3.12. The van der Waals surface area contributed by atoms with Crippen molar-refractivity contribution in [3.63, 3.8) is 0 Å². The molecular formula is C21H21FN4O3S2. The number of carbonyl (C=O) groups is 2. The Hall–Kier alpha value is -2.98. The lowest BCUT2D eigenvalue weighted by atomic mass is 10.1. The number of rotatable bonds is 6. The average molecular weight is 461 g/mol. The Morgan fingerprint density at radius 1 is 1.10 bits per heavy atom. The molecule has 0 aliphatic carbocycles. The van der Waals surface area contributed by atoms with Crippen LogP contribution in [0.25, 0.3) is 0 Å². The number of urea groups is 1. The van der Waals surface area contributed by atoms with Crippen molar-refractivity contribution in [2.24, 2.45) is 0 Å². The largest absolute Gasteiger partial charge is 0.456 e. The molecule has 7 nitrogen and oxygen atoms in total. The Bertz CT molecular complexity index is 1080.